The fourth-order valence-corrected chi connectivity index (χ4v) is 7.28. The third-order valence-electron chi connectivity index (χ3n) is 8.75. The Morgan fingerprint density at radius 3 is 2.43 bits per heavy atom. The number of nitrogens with zero attached hydrogens (tertiary/aromatic N) is 2. The van der Waals surface area contributed by atoms with Gasteiger partial charge in [0.2, 0.25) is 0 Å². The summed E-state index contributed by atoms with van der Waals surface area (Å²) in [6.07, 6.45) is 8.34. The van der Waals surface area contributed by atoms with Crippen molar-refractivity contribution in [1.82, 2.24) is 9.38 Å². The highest BCUT2D eigenvalue weighted by Crippen LogP contribution is 2.45. The van der Waals surface area contributed by atoms with Gasteiger partial charge in [0, 0.05) is 27.7 Å². The molecule has 182 valence electrons. The van der Waals surface area contributed by atoms with E-state index in [2.05, 4.69) is 91.9 Å². The highest BCUT2D eigenvalue weighted by molar-refractivity contribution is 6.28. The van der Waals surface area contributed by atoms with E-state index in [0.717, 1.165) is 11.9 Å². The van der Waals surface area contributed by atoms with Gasteiger partial charge < -0.3 is 4.40 Å². The molecule has 0 atom stereocenters. The van der Waals surface area contributed by atoms with E-state index >= 15 is 0 Å². The molecule has 0 spiro atoms. The van der Waals surface area contributed by atoms with Crippen LogP contribution in [0.25, 0.3) is 59.8 Å². The van der Waals surface area contributed by atoms with E-state index in [9.17, 15) is 0 Å². The molecule has 3 aromatic heterocycles. The number of fused-ring (bicyclic) bond motifs is 7. The van der Waals surface area contributed by atoms with Crippen LogP contribution in [0.3, 0.4) is 0 Å². The Hall–Kier alpha value is -3.65. The van der Waals surface area contributed by atoms with Crippen LogP contribution >= 0.6 is 0 Å². The minimum absolute atomic E-state index is 0.264. The second-order valence-corrected chi connectivity index (χ2v) is 12.6. The van der Waals surface area contributed by atoms with Crippen molar-refractivity contribution in [3.63, 3.8) is 0 Å². The lowest BCUT2D eigenvalue weighted by molar-refractivity contribution is 0.411. The summed E-state index contributed by atoms with van der Waals surface area (Å²) < 4.78 is 2.60. The quantitative estimate of drug-likeness (QED) is 0.178. The molecule has 1 fully saturated rings. The van der Waals surface area contributed by atoms with Crippen LogP contribution in [0, 0.1) is 5.41 Å². The van der Waals surface area contributed by atoms with Gasteiger partial charge in [-0.3, -0.25) is 4.98 Å². The number of hydrogen-bond acceptors (Lipinski definition) is 1. The molecule has 7 aromatic rings. The number of rotatable bonds is 2. The molecular weight excluding hydrogens is 448 g/mol. The van der Waals surface area contributed by atoms with Gasteiger partial charge in [-0.2, -0.15) is 0 Å². The summed E-state index contributed by atoms with van der Waals surface area (Å²) in [7, 11) is 0. The van der Waals surface area contributed by atoms with Gasteiger partial charge in [-0.15, -0.1) is 0 Å². The molecule has 8 rings (SSSR count). The molecule has 0 bridgehead atoms. The fourth-order valence-electron chi connectivity index (χ4n) is 7.28. The first-order valence-corrected chi connectivity index (χ1v) is 13.9. The molecule has 2 heteroatoms. The maximum Gasteiger partial charge on any atom is 0.0822 e. The number of para-hydroxylation sites is 1. The number of aromatic nitrogens is 2. The molecule has 4 aromatic carbocycles. The summed E-state index contributed by atoms with van der Waals surface area (Å²) >= 11 is 0. The average molecular weight is 481 g/mol. The third kappa shape index (κ3) is 3.08. The molecule has 0 unspecified atom stereocenters. The molecule has 3 heterocycles. The molecule has 2 nitrogen and oxygen atoms in total. The van der Waals surface area contributed by atoms with Crippen molar-refractivity contribution in [2.75, 3.05) is 0 Å². The molecule has 0 saturated heterocycles. The molecule has 1 aliphatic rings. The maximum atomic E-state index is 5.01. The Kier molecular flexibility index (Phi) is 4.31. The van der Waals surface area contributed by atoms with Gasteiger partial charge in [-0.25, -0.2) is 0 Å². The Bertz CT molecular complexity index is 1990. The Labute approximate surface area is 217 Å². The van der Waals surface area contributed by atoms with E-state index in [1.165, 1.54) is 91.1 Å². The zero-order valence-electron chi connectivity index (χ0n) is 21.9. The smallest absolute Gasteiger partial charge is 0.0822 e. The molecule has 1 aliphatic carbocycles. The van der Waals surface area contributed by atoms with Crippen LogP contribution in [0.15, 0.2) is 72.9 Å². The lowest BCUT2D eigenvalue weighted by atomic mass is 9.87. The normalized spacial score (nSPS) is 15.5. The average Bonchev–Trinajstić information content (AvgIpc) is 3.53. The SMILES string of the molecule is CC(C)(C)Cc1ccc2cc3c(cc2c1)c1nccc2ccc4c5cccc(C6CCCC6)c5n3c4c21. The van der Waals surface area contributed by atoms with Crippen molar-refractivity contribution in [3.8, 4) is 0 Å². The topological polar surface area (TPSA) is 17.3 Å². The predicted octanol–water partition coefficient (Wildman–Crippen LogP) is 9.78. The van der Waals surface area contributed by atoms with Crippen LogP contribution in [0.5, 0.6) is 0 Å². The second kappa shape index (κ2) is 7.44. The van der Waals surface area contributed by atoms with E-state index < -0.39 is 0 Å². The van der Waals surface area contributed by atoms with Crippen LogP contribution in [-0.4, -0.2) is 9.38 Å². The minimum atomic E-state index is 0.264. The first-order valence-electron chi connectivity index (χ1n) is 13.9. The molecule has 0 amide bonds. The molecule has 1 saturated carbocycles. The van der Waals surface area contributed by atoms with Gasteiger partial charge in [0.15, 0.2) is 0 Å². The summed E-state index contributed by atoms with van der Waals surface area (Å²) in [4.78, 5) is 5.01. The first kappa shape index (κ1) is 21.4. The predicted molar refractivity (Wildman–Crippen MR) is 158 cm³/mol. The third-order valence-corrected chi connectivity index (χ3v) is 8.75. The standard InChI is InChI=1S/C35H32N2/c1-35(2,3)20-21-11-12-24-19-30-29(18-25(24)17-21)32-31-23(15-16-36-32)13-14-28-27-10-6-9-26(22-7-4-5-8-22)33(27)37(30)34(28)31/h6,9-19,22H,4-5,7-8,20H2,1-3H3. The Morgan fingerprint density at radius 2 is 1.59 bits per heavy atom. The zero-order valence-corrected chi connectivity index (χ0v) is 21.9. The fraction of sp³-hybridized carbons (Fsp3) is 0.286. The lowest BCUT2D eigenvalue weighted by Gasteiger charge is -2.19. The molecule has 0 aliphatic heterocycles. The lowest BCUT2D eigenvalue weighted by Crippen LogP contribution is -2.08. The summed E-state index contributed by atoms with van der Waals surface area (Å²) in [6.45, 7) is 6.95. The van der Waals surface area contributed by atoms with E-state index in [0.29, 0.717) is 5.92 Å². The Balaban J connectivity index is 1.57. The summed E-state index contributed by atoms with van der Waals surface area (Å²) in [6, 6.07) is 25.7. The van der Waals surface area contributed by atoms with Crippen LogP contribution in [0.4, 0.5) is 0 Å². The zero-order chi connectivity index (χ0) is 24.9. The van der Waals surface area contributed by atoms with Crippen LogP contribution < -0.4 is 0 Å². The molecule has 37 heavy (non-hydrogen) atoms. The Morgan fingerprint density at radius 1 is 0.784 bits per heavy atom. The van der Waals surface area contributed by atoms with Gasteiger partial charge in [0.1, 0.15) is 0 Å². The van der Waals surface area contributed by atoms with Crippen molar-refractivity contribution in [2.45, 2.75) is 58.8 Å². The van der Waals surface area contributed by atoms with Gasteiger partial charge in [0.25, 0.3) is 0 Å². The van der Waals surface area contributed by atoms with Crippen LogP contribution in [0.2, 0.25) is 0 Å². The highest BCUT2D eigenvalue weighted by Gasteiger charge is 2.25. The second-order valence-electron chi connectivity index (χ2n) is 12.6. The van der Waals surface area contributed by atoms with E-state index in [-0.39, 0.29) is 5.41 Å². The van der Waals surface area contributed by atoms with E-state index in [1.807, 2.05) is 6.20 Å². The van der Waals surface area contributed by atoms with E-state index in [4.69, 9.17) is 4.98 Å². The monoisotopic (exact) mass is 480 g/mol. The number of hydrogen-bond donors (Lipinski definition) is 0. The minimum Gasteiger partial charge on any atom is -0.308 e. The van der Waals surface area contributed by atoms with E-state index in [1.54, 1.807) is 0 Å². The van der Waals surface area contributed by atoms with Gasteiger partial charge >= 0.3 is 0 Å². The van der Waals surface area contributed by atoms with Crippen LogP contribution in [-0.2, 0) is 6.42 Å². The number of pyridine rings is 2. The van der Waals surface area contributed by atoms with Gasteiger partial charge in [0.05, 0.1) is 22.1 Å². The van der Waals surface area contributed by atoms with Crippen LogP contribution in [0.1, 0.15) is 63.5 Å². The van der Waals surface area contributed by atoms with Crippen molar-refractivity contribution >= 4 is 59.8 Å². The molecule has 0 radical (unpaired) electrons. The maximum absolute atomic E-state index is 5.01. The summed E-state index contributed by atoms with van der Waals surface area (Å²) in [5.41, 5.74) is 8.34. The van der Waals surface area contributed by atoms with Crippen molar-refractivity contribution < 1.29 is 0 Å². The summed E-state index contributed by atoms with van der Waals surface area (Å²) in [5, 5.41) is 9.17. The summed E-state index contributed by atoms with van der Waals surface area (Å²) in [5.74, 6) is 0.652. The van der Waals surface area contributed by atoms with Crippen molar-refractivity contribution in [2.24, 2.45) is 5.41 Å². The van der Waals surface area contributed by atoms with Gasteiger partial charge in [-0.05, 0) is 76.1 Å². The highest BCUT2D eigenvalue weighted by atomic mass is 14.9. The largest absolute Gasteiger partial charge is 0.308 e. The number of benzene rings is 4. The van der Waals surface area contributed by atoms with Gasteiger partial charge in [-0.1, -0.05) is 82.1 Å². The first-order chi connectivity index (χ1) is 18.0. The molecule has 0 N–H and O–H groups in total. The van der Waals surface area contributed by atoms with Crippen molar-refractivity contribution in [1.29, 1.82) is 0 Å². The molecular formula is C35H32N2. The van der Waals surface area contributed by atoms with Crippen molar-refractivity contribution in [3.05, 3.63) is 84.1 Å².